The topological polar surface area (TPSA) is 3.24 Å². The molecule has 0 bridgehead atoms. The van der Waals surface area contributed by atoms with Crippen LogP contribution in [0.25, 0.3) is 0 Å². The Balaban J connectivity index is 1.92. The smallest absolute Gasteiger partial charge is 0.0117 e. The summed E-state index contributed by atoms with van der Waals surface area (Å²) in [7, 11) is 0. The van der Waals surface area contributed by atoms with Crippen LogP contribution in [-0.2, 0) is 0 Å². The van der Waals surface area contributed by atoms with Gasteiger partial charge in [-0.2, -0.15) is 11.8 Å². The van der Waals surface area contributed by atoms with Crippen LogP contribution in [0.5, 0.6) is 0 Å². The van der Waals surface area contributed by atoms with Crippen molar-refractivity contribution in [1.82, 2.24) is 4.90 Å². The summed E-state index contributed by atoms with van der Waals surface area (Å²) in [6, 6.07) is 2.63. The summed E-state index contributed by atoms with van der Waals surface area (Å²) >= 11 is 2.13. The van der Waals surface area contributed by atoms with Crippen molar-refractivity contribution in [3.05, 3.63) is 0 Å². The van der Waals surface area contributed by atoms with Crippen molar-refractivity contribution in [2.24, 2.45) is 0 Å². The van der Waals surface area contributed by atoms with Gasteiger partial charge in [-0.15, -0.1) is 0 Å². The van der Waals surface area contributed by atoms with Crippen LogP contribution in [0.1, 0.15) is 39.5 Å². The minimum atomic E-state index is 0.764. The van der Waals surface area contributed by atoms with Crippen LogP contribution >= 0.6 is 11.8 Å². The summed E-state index contributed by atoms with van der Waals surface area (Å²) < 4.78 is 0. The van der Waals surface area contributed by atoms with Gasteiger partial charge in [-0.05, 0) is 51.0 Å². The number of hydrogen-bond donors (Lipinski definition) is 0. The quantitative estimate of drug-likeness (QED) is 0.687. The van der Waals surface area contributed by atoms with E-state index >= 15 is 0 Å². The molecule has 1 heterocycles. The minimum Gasteiger partial charge on any atom is -0.295 e. The molecule has 1 nitrogen and oxygen atoms in total. The molecule has 1 aliphatic carbocycles. The molecule has 0 spiro atoms. The van der Waals surface area contributed by atoms with Gasteiger partial charge in [0.2, 0.25) is 0 Å². The highest BCUT2D eigenvalue weighted by atomic mass is 32.2. The van der Waals surface area contributed by atoms with Gasteiger partial charge in [0.25, 0.3) is 0 Å². The van der Waals surface area contributed by atoms with E-state index in [-0.39, 0.29) is 0 Å². The van der Waals surface area contributed by atoms with Gasteiger partial charge in [0.15, 0.2) is 0 Å². The van der Waals surface area contributed by atoms with Crippen molar-refractivity contribution in [3.8, 4) is 0 Å². The van der Waals surface area contributed by atoms with Crippen molar-refractivity contribution < 1.29 is 0 Å². The van der Waals surface area contributed by atoms with E-state index in [0.29, 0.717) is 0 Å². The lowest BCUT2D eigenvalue weighted by molar-refractivity contribution is 0.134. The molecule has 1 aliphatic heterocycles. The lowest BCUT2D eigenvalue weighted by Crippen LogP contribution is -2.43. The van der Waals surface area contributed by atoms with E-state index in [1.54, 1.807) is 0 Å². The Kier molecular flexibility index (Phi) is 3.20. The zero-order valence-corrected chi connectivity index (χ0v) is 9.65. The third kappa shape index (κ3) is 2.41. The van der Waals surface area contributed by atoms with Crippen molar-refractivity contribution in [2.75, 3.05) is 11.5 Å². The summed E-state index contributed by atoms with van der Waals surface area (Å²) in [6.07, 6.45) is 5.78. The summed E-state index contributed by atoms with van der Waals surface area (Å²) in [6.45, 7) is 4.72. The van der Waals surface area contributed by atoms with E-state index in [1.807, 2.05) is 0 Å². The van der Waals surface area contributed by atoms with E-state index in [4.69, 9.17) is 0 Å². The normalized spacial score (nSPS) is 25.8. The number of thioether (sulfide) groups is 1. The molecule has 0 aromatic heterocycles. The van der Waals surface area contributed by atoms with Gasteiger partial charge in [-0.25, -0.2) is 0 Å². The van der Waals surface area contributed by atoms with Crippen molar-refractivity contribution in [3.63, 3.8) is 0 Å². The van der Waals surface area contributed by atoms with E-state index in [2.05, 4.69) is 30.5 Å². The van der Waals surface area contributed by atoms with Crippen LogP contribution in [0.2, 0.25) is 0 Å². The summed E-state index contributed by atoms with van der Waals surface area (Å²) in [5, 5.41) is 0. The Morgan fingerprint density at radius 2 is 1.54 bits per heavy atom. The van der Waals surface area contributed by atoms with Crippen LogP contribution in [0.15, 0.2) is 0 Å². The van der Waals surface area contributed by atoms with Gasteiger partial charge in [-0.3, -0.25) is 4.90 Å². The fourth-order valence-electron chi connectivity index (χ4n) is 2.50. The van der Waals surface area contributed by atoms with Crippen LogP contribution in [-0.4, -0.2) is 34.5 Å². The number of hydrogen-bond acceptors (Lipinski definition) is 2. The lowest BCUT2D eigenvalue weighted by Gasteiger charge is -2.37. The molecule has 0 aromatic carbocycles. The molecule has 13 heavy (non-hydrogen) atoms. The highest BCUT2D eigenvalue weighted by Gasteiger charge is 2.35. The standard InChI is InChI=1S/C11H21NS/c1-9(2)12(10-3-4-10)11-5-7-13-8-6-11/h9-11H,3-8H2,1-2H3. The average Bonchev–Trinajstić information content (AvgIpc) is 2.90. The Bertz CT molecular complexity index is 157. The number of nitrogens with zero attached hydrogens (tertiary/aromatic N) is 1. The zero-order chi connectivity index (χ0) is 9.26. The van der Waals surface area contributed by atoms with Gasteiger partial charge >= 0.3 is 0 Å². The summed E-state index contributed by atoms with van der Waals surface area (Å²) in [5.74, 6) is 2.78. The Hall–Kier alpha value is 0.310. The van der Waals surface area contributed by atoms with Crippen LogP contribution in [0.4, 0.5) is 0 Å². The number of rotatable bonds is 3. The van der Waals surface area contributed by atoms with Crippen LogP contribution in [0.3, 0.4) is 0 Å². The second kappa shape index (κ2) is 4.22. The second-order valence-corrected chi connectivity index (χ2v) is 5.84. The Morgan fingerprint density at radius 1 is 1.00 bits per heavy atom. The van der Waals surface area contributed by atoms with Gasteiger partial charge in [-0.1, -0.05) is 0 Å². The molecular formula is C11H21NS. The van der Waals surface area contributed by atoms with Crippen molar-refractivity contribution in [1.29, 1.82) is 0 Å². The molecule has 0 amide bonds. The molecule has 0 radical (unpaired) electrons. The van der Waals surface area contributed by atoms with Crippen LogP contribution < -0.4 is 0 Å². The maximum absolute atomic E-state index is 2.79. The third-order valence-electron chi connectivity index (χ3n) is 3.18. The first kappa shape index (κ1) is 9.85. The zero-order valence-electron chi connectivity index (χ0n) is 8.83. The highest BCUT2D eigenvalue weighted by Crippen LogP contribution is 2.34. The predicted octanol–water partition coefficient (Wildman–Crippen LogP) is 2.75. The first-order chi connectivity index (χ1) is 6.29. The van der Waals surface area contributed by atoms with E-state index in [1.165, 1.54) is 37.2 Å². The molecule has 76 valence electrons. The summed E-state index contributed by atoms with van der Waals surface area (Å²) in [5.41, 5.74) is 0. The van der Waals surface area contributed by atoms with Gasteiger partial charge in [0, 0.05) is 18.1 Å². The molecule has 2 heteroatoms. The molecule has 0 aromatic rings. The van der Waals surface area contributed by atoms with Crippen molar-refractivity contribution in [2.45, 2.75) is 57.7 Å². The van der Waals surface area contributed by atoms with E-state index in [0.717, 1.165) is 18.1 Å². The van der Waals surface area contributed by atoms with Crippen molar-refractivity contribution >= 4 is 11.8 Å². The first-order valence-corrected chi connectivity index (χ1v) is 6.79. The Labute approximate surface area is 86.3 Å². The molecule has 0 atom stereocenters. The fourth-order valence-corrected chi connectivity index (χ4v) is 3.58. The van der Waals surface area contributed by atoms with Gasteiger partial charge < -0.3 is 0 Å². The first-order valence-electron chi connectivity index (χ1n) is 5.64. The summed E-state index contributed by atoms with van der Waals surface area (Å²) in [4.78, 5) is 2.79. The fraction of sp³-hybridized carbons (Fsp3) is 1.00. The van der Waals surface area contributed by atoms with E-state index in [9.17, 15) is 0 Å². The molecule has 2 rings (SSSR count). The van der Waals surface area contributed by atoms with E-state index < -0.39 is 0 Å². The minimum absolute atomic E-state index is 0.764. The van der Waals surface area contributed by atoms with Gasteiger partial charge in [0.1, 0.15) is 0 Å². The molecule has 2 fully saturated rings. The molecule has 1 saturated carbocycles. The second-order valence-electron chi connectivity index (χ2n) is 4.62. The van der Waals surface area contributed by atoms with Gasteiger partial charge in [0.05, 0.1) is 0 Å². The lowest BCUT2D eigenvalue weighted by atomic mass is 10.1. The molecular weight excluding hydrogens is 178 g/mol. The molecule has 0 unspecified atom stereocenters. The SMILES string of the molecule is CC(C)N(C1CCSCC1)C1CC1. The molecule has 2 aliphatic rings. The average molecular weight is 199 g/mol. The predicted molar refractivity (Wildman–Crippen MR) is 60.3 cm³/mol. The van der Waals surface area contributed by atoms with Crippen LogP contribution in [0, 0.1) is 0 Å². The highest BCUT2D eigenvalue weighted by molar-refractivity contribution is 7.99. The monoisotopic (exact) mass is 199 g/mol. The maximum atomic E-state index is 2.79. The Morgan fingerprint density at radius 3 is 2.00 bits per heavy atom. The third-order valence-corrected chi connectivity index (χ3v) is 4.23. The largest absolute Gasteiger partial charge is 0.295 e. The maximum Gasteiger partial charge on any atom is 0.0117 e. The molecule has 0 N–H and O–H groups in total. The molecule has 1 saturated heterocycles.